The van der Waals surface area contributed by atoms with Gasteiger partial charge in [-0.1, -0.05) is 0 Å². The standard InChI is InChI=1S/C14H18BrFN2/c15-13-8-10(16)3-4-14(13)17-11-5-7-18-6-1-2-12(18)9-11/h3-4,8,11-12,17H,1-2,5-7,9H2. The van der Waals surface area contributed by atoms with Crippen LogP contribution in [0.5, 0.6) is 0 Å². The number of halogens is 2. The van der Waals surface area contributed by atoms with Crippen LogP contribution in [0.4, 0.5) is 10.1 Å². The highest BCUT2D eigenvalue weighted by Crippen LogP contribution is 2.30. The average Bonchev–Trinajstić information content (AvgIpc) is 2.80. The molecule has 2 heterocycles. The van der Waals surface area contributed by atoms with Gasteiger partial charge in [-0.25, -0.2) is 4.39 Å². The van der Waals surface area contributed by atoms with Crippen LogP contribution in [0.2, 0.25) is 0 Å². The van der Waals surface area contributed by atoms with Crippen molar-refractivity contribution in [2.24, 2.45) is 0 Å². The zero-order valence-electron chi connectivity index (χ0n) is 10.3. The first-order valence-electron chi connectivity index (χ1n) is 6.68. The number of benzene rings is 1. The SMILES string of the molecule is Fc1ccc(NC2CCN3CCCC3C2)c(Br)c1. The van der Waals surface area contributed by atoms with Gasteiger partial charge in [0.2, 0.25) is 0 Å². The lowest BCUT2D eigenvalue weighted by molar-refractivity contribution is 0.188. The molecule has 0 saturated carbocycles. The molecule has 0 aliphatic carbocycles. The van der Waals surface area contributed by atoms with Crippen LogP contribution in [-0.2, 0) is 0 Å². The van der Waals surface area contributed by atoms with E-state index in [0.717, 1.165) is 16.2 Å². The Bertz CT molecular complexity index is 438. The number of rotatable bonds is 2. The van der Waals surface area contributed by atoms with Gasteiger partial charge in [0, 0.05) is 28.8 Å². The summed E-state index contributed by atoms with van der Waals surface area (Å²) in [4.78, 5) is 2.61. The molecule has 1 aromatic carbocycles. The van der Waals surface area contributed by atoms with Crippen LogP contribution in [0.25, 0.3) is 0 Å². The van der Waals surface area contributed by atoms with E-state index in [0.29, 0.717) is 6.04 Å². The van der Waals surface area contributed by atoms with Gasteiger partial charge in [0.25, 0.3) is 0 Å². The van der Waals surface area contributed by atoms with Crippen molar-refractivity contribution >= 4 is 21.6 Å². The van der Waals surface area contributed by atoms with E-state index < -0.39 is 0 Å². The number of fused-ring (bicyclic) bond motifs is 1. The Morgan fingerprint density at radius 1 is 1.28 bits per heavy atom. The van der Waals surface area contributed by atoms with Gasteiger partial charge in [-0.15, -0.1) is 0 Å². The first kappa shape index (κ1) is 12.4. The number of hydrogen-bond acceptors (Lipinski definition) is 2. The lowest BCUT2D eigenvalue weighted by Crippen LogP contribution is -2.42. The first-order valence-corrected chi connectivity index (χ1v) is 7.47. The summed E-state index contributed by atoms with van der Waals surface area (Å²) in [5.41, 5.74) is 1.01. The molecule has 2 fully saturated rings. The molecule has 2 aliphatic rings. The van der Waals surface area contributed by atoms with Crippen LogP contribution < -0.4 is 5.32 Å². The van der Waals surface area contributed by atoms with Crippen LogP contribution >= 0.6 is 15.9 Å². The van der Waals surface area contributed by atoms with Crippen LogP contribution in [0.1, 0.15) is 25.7 Å². The van der Waals surface area contributed by atoms with Crippen LogP contribution in [0.3, 0.4) is 0 Å². The van der Waals surface area contributed by atoms with E-state index in [1.807, 2.05) is 6.07 Å². The number of hydrogen-bond donors (Lipinski definition) is 1. The molecule has 0 aromatic heterocycles. The second-order valence-electron chi connectivity index (χ2n) is 5.32. The van der Waals surface area contributed by atoms with Crippen molar-refractivity contribution in [1.82, 2.24) is 4.90 Å². The van der Waals surface area contributed by atoms with Crippen LogP contribution in [0, 0.1) is 5.82 Å². The lowest BCUT2D eigenvalue weighted by Gasteiger charge is -2.35. The van der Waals surface area contributed by atoms with E-state index in [2.05, 4.69) is 26.1 Å². The molecule has 2 saturated heterocycles. The Labute approximate surface area is 116 Å². The predicted molar refractivity (Wildman–Crippen MR) is 75.3 cm³/mol. The van der Waals surface area contributed by atoms with Gasteiger partial charge in [0.1, 0.15) is 5.82 Å². The Balaban J connectivity index is 1.66. The molecule has 2 unspecified atom stereocenters. The summed E-state index contributed by atoms with van der Waals surface area (Å²) in [5, 5.41) is 3.55. The molecular weight excluding hydrogens is 295 g/mol. The molecule has 18 heavy (non-hydrogen) atoms. The molecule has 4 heteroatoms. The van der Waals surface area contributed by atoms with Crippen LogP contribution in [-0.4, -0.2) is 30.1 Å². The highest BCUT2D eigenvalue weighted by molar-refractivity contribution is 9.10. The summed E-state index contributed by atoms with van der Waals surface area (Å²) in [6, 6.07) is 6.13. The molecular formula is C14H18BrFN2. The molecule has 0 radical (unpaired) electrons. The molecule has 0 bridgehead atoms. The predicted octanol–water partition coefficient (Wildman–Crippen LogP) is 3.63. The minimum atomic E-state index is -0.196. The normalized spacial score (nSPS) is 28.1. The second kappa shape index (κ2) is 5.17. The van der Waals surface area contributed by atoms with Crippen molar-refractivity contribution < 1.29 is 4.39 Å². The van der Waals surface area contributed by atoms with E-state index in [4.69, 9.17) is 0 Å². The highest BCUT2D eigenvalue weighted by atomic mass is 79.9. The summed E-state index contributed by atoms with van der Waals surface area (Å²) in [5.74, 6) is -0.196. The van der Waals surface area contributed by atoms with Crippen molar-refractivity contribution in [3.8, 4) is 0 Å². The summed E-state index contributed by atoms with van der Waals surface area (Å²) in [6.45, 7) is 2.47. The van der Waals surface area contributed by atoms with Crippen molar-refractivity contribution in [2.45, 2.75) is 37.8 Å². The topological polar surface area (TPSA) is 15.3 Å². The molecule has 98 valence electrons. The molecule has 1 aromatic rings. The number of nitrogens with one attached hydrogen (secondary N) is 1. The van der Waals surface area contributed by atoms with Gasteiger partial charge in [-0.2, -0.15) is 0 Å². The maximum Gasteiger partial charge on any atom is 0.124 e. The quantitative estimate of drug-likeness (QED) is 0.897. The molecule has 0 amide bonds. The maximum absolute atomic E-state index is 13.0. The van der Waals surface area contributed by atoms with Crippen molar-refractivity contribution in [3.63, 3.8) is 0 Å². The zero-order valence-corrected chi connectivity index (χ0v) is 11.9. The third-order valence-electron chi connectivity index (χ3n) is 4.11. The number of nitrogens with zero attached hydrogens (tertiary/aromatic N) is 1. The van der Waals surface area contributed by atoms with Crippen molar-refractivity contribution in [2.75, 3.05) is 18.4 Å². The third kappa shape index (κ3) is 2.54. The molecule has 1 N–H and O–H groups in total. The minimum Gasteiger partial charge on any atom is -0.381 e. The summed E-state index contributed by atoms with van der Waals surface area (Å²) < 4.78 is 13.9. The monoisotopic (exact) mass is 312 g/mol. The third-order valence-corrected chi connectivity index (χ3v) is 4.77. The first-order chi connectivity index (χ1) is 8.72. The van der Waals surface area contributed by atoms with Gasteiger partial charge >= 0.3 is 0 Å². The largest absolute Gasteiger partial charge is 0.381 e. The van der Waals surface area contributed by atoms with Gasteiger partial charge in [-0.05, 0) is 66.4 Å². The molecule has 2 nitrogen and oxygen atoms in total. The summed E-state index contributed by atoms with van der Waals surface area (Å²) in [7, 11) is 0. The molecule has 2 aliphatic heterocycles. The fourth-order valence-electron chi connectivity index (χ4n) is 3.18. The van der Waals surface area contributed by atoms with E-state index in [1.54, 1.807) is 0 Å². The van der Waals surface area contributed by atoms with E-state index >= 15 is 0 Å². The van der Waals surface area contributed by atoms with E-state index in [-0.39, 0.29) is 5.82 Å². The number of piperidine rings is 1. The number of anilines is 1. The van der Waals surface area contributed by atoms with Crippen LogP contribution in [0.15, 0.2) is 22.7 Å². The van der Waals surface area contributed by atoms with Gasteiger partial charge in [-0.3, -0.25) is 0 Å². The van der Waals surface area contributed by atoms with Gasteiger partial charge < -0.3 is 10.2 Å². The van der Waals surface area contributed by atoms with E-state index in [1.165, 1.54) is 50.9 Å². The van der Waals surface area contributed by atoms with Crippen molar-refractivity contribution in [1.29, 1.82) is 0 Å². The van der Waals surface area contributed by atoms with Gasteiger partial charge in [0.15, 0.2) is 0 Å². The second-order valence-corrected chi connectivity index (χ2v) is 6.18. The molecule has 0 spiro atoms. The van der Waals surface area contributed by atoms with Crippen molar-refractivity contribution in [3.05, 3.63) is 28.5 Å². The Morgan fingerprint density at radius 2 is 2.17 bits per heavy atom. The fourth-order valence-corrected chi connectivity index (χ4v) is 3.65. The highest BCUT2D eigenvalue weighted by Gasteiger charge is 2.31. The Morgan fingerprint density at radius 3 is 3.00 bits per heavy atom. The maximum atomic E-state index is 13.0. The molecule has 2 atom stereocenters. The minimum absolute atomic E-state index is 0.196. The summed E-state index contributed by atoms with van der Waals surface area (Å²) in [6.07, 6.45) is 5.07. The smallest absolute Gasteiger partial charge is 0.124 e. The zero-order chi connectivity index (χ0) is 12.5. The average molecular weight is 313 g/mol. The summed E-state index contributed by atoms with van der Waals surface area (Å²) >= 11 is 3.42. The Hall–Kier alpha value is -0.610. The lowest BCUT2D eigenvalue weighted by atomic mass is 9.97. The molecule has 3 rings (SSSR count). The van der Waals surface area contributed by atoms with E-state index in [9.17, 15) is 4.39 Å². The van der Waals surface area contributed by atoms with Gasteiger partial charge in [0.05, 0.1) is 0 Å². The fraction of sp³-hybridized carbons (Fsp3) is 0.571. The Kier molecular flexibility index (Phi) is 3.57.